The number of nitrogens with zero attached hydrogens (tertiary/aromatic N) is 1. The lowest BCUT2D eigenvalue weighted by atomic mass is 10.1. The van der Waals surface area contributed by atoms with Crippen LogP contribution in [-0.4, -0.2) is 30.1 Å². The van der Waals surface area contributed by atoms with Crippen LogP contribution < -0.4 is 9.47 Å². The van der Waals surface area contributed by atoms with Crippen LogP contribution in [0.1, 0.15) is 20.9 Å². The van der Waals surface area contributed by atoms with E-state index in [1.807, 2.05) is 19.1 Å². The Morgan fingerprint density at radius 2 is 1.78 bits per heavy atom. The third kappa shape index (κ3) is 4.17. The normalized spacial score (nSPS) is 10.9. The summed E-state index contributed by atoms with van der Waals surface area (Å²) in [6.45, 7) is 1.82. The number of hydrogen-bond donors (Lipinski definition) is 1. The zero-order valence-electron chi connectivity index (χ0n) is 15.2. The van der Waals surface area contributed by atoms with Crippen LogP contribution in [0.4, 0.5) is 0 Å². The van der Waals surface area contributed by atoms with E-state index in [1.54, 1.807) is 50.6 Å². The van der Waals surface area contributed by atoms with Crippen LogP contribution >= 0.6 is 11.3 Å². The van der Waals surface area contributed by atoms with Crippen molar-refractivity contribution in [3.05, 3.63) is 64.7 Å². The van der Waals surface area contributed by atoms with Crippen molar-refractivity contribution in [2.24, 2.45) is 0 Å². The molecule has 5 nitrogen and oxygen atoms in total. The molecule has 0 bridgehead atoms. The highest BCUT2D eigenvalue weighted by Gasteiger charge is 2.14. The number of methoxy groups -OCH3 is 2. The standard InChI is InChI=1S/C21H19NO4S/c1-13-20(27-21(22-13)15-6-8-16(23)9-7-15)17(24)10-4-14-5-11-18(25-2)19(12-14)26-3/h4-12,23H,1-3H3/b10-4+. The molecule has 1 heterocycles. The summed E-state index contributed by atoms with van der Waals surface area (Å²) in [5.74, 6) is 1.33. The smallest absolute Gasteiger partial charge is 0.197 e. The lowest BCUT2D eigenvalue weighted by Gasteiger charge is -2.07. The predicted molar refractivity (Wildman–Crippen MR) is 107 cm³/mol. The number of ketones is 1. The van der Waals surface area contributed by atoms with Gasteiger partial charge >= 0.3 is 0 Å². The van der Waals surface area contributed by atoms with Crippen LogP contribution in [0, 0.1) is 6.92 Å². The number of benzene rings is 2. The molecule has 0 atom stereocenters. The summed E-state index contributed by atoms with van der Waals surface area (Å²) in [6.07, 6.45) is 3.27. The Kier molecular flexibility index (Phi) is 5.57. The zero-order chi connectivity index (χ0) is 19.4. The largest absolute Gasteiger partial charge is 0.508 e. The molecule has 3 rings (SSSR count). The van der Waals surface area contributed by atoms with Gasteiger partial charge in [0.2, 0.25) is 0 Å². The van der Waals surface area contributed by atoms with Crippen molar-refractivity contribution in [3.63, 3.8) is 0 Å². The number of allylic oxidation sites excluding steroid dienone is 1. The summed E-state index contributed by atoms with van der Waals surface area (Å²) in [5, 5.41) is 10.1. The van der Waals surface area contributed by atoms with Gasteiger partial charge in [-0.25, -0.2) is 4.98 Å². The summed E-state index contributed by atoms with van der Waals surface area (Å²) in [5.41, 5.74) is 2.38. The fourth-order valence-electron chi connectivity index (χ4n) is 2.56. The third-order valence-electron chi connectivity index (χ3n) is 3.97. The van der Waals surface area contributed by atoms with Crippen molar-refractivity contribution >= 4 is 23.2 Å². The number of phenolic OH excluding ortho intramolecular Hbond substituents is 1. The number of phenols is 1. The lowest BCUT2D eigenvalue weighted by Crippen LogP contribution is -1.93. The SMILES string of the molecule is COc1ccc(/C=C/C(=O)c2sc(-c3ccc(O)cc3)nc2C)cc1OC. The summed E-state index contributed by atoms with van der Waals surface area (Å²) < 4.78 is 10.5. The lowest BCUT2D eigenvalue weighted by molar-refractivity contribution is 0.105. The Bertz CT molecular complexity index is 990. The Morgan fingerprint density at radius 3 is 2.44 bits per heavy atom. The fraction of sp³-hybridized carbons (Fsp3) is 0.143. The molecule has 0 unspecified atom stereocenters. The number of rotatable bonds is 6. The maximum atomic E-state index is 12.6. The van der Waals surface area contributed by atoms with Crippen LogP contribution in [-0.2, 0) is 0 Å². The van der Waals surface area contributed by atoms with Crippen molar-refractivity contribution in [1.29, 1.82) is 0 Å². The first-order valence-electron chi connectivity index (χ1n) is 8.23. The van der Waals surface area contributed by atoms with Gasteiger partial charge in [-0.3, -0.25) is 4.79 Å². The van der Waals surface area contributed by atoms with Gasteiger partial charge in [-0.2, -0.15) is 0 Å². The van der Waals surface area contributed by atoms with E-state index in [-0.39, 0.29) is 11.5 Å². The van der Waals surface area contributed by atoms with E-state index >= 15 is 0 Å². The molecular formula is C21H19NO4S. The quantitative estimate of drug-likeness (QED) is 0.493. The van der Waals surface area contributed by atoms with Gasteiger partial charge in [0.1, 0.15) is 10.8 Å². The maximum Gasteiger partial charge on any atom is 0.197 e. The van der Waals surface area contributed by atoms with E-state index < -0.39 is 0 Å². The van der Waals surface area contributed by atoms with E-state index in [2.05, 4.69) is 4.98 Å². The van der Waals surface area contributed by atoms with E-state index in [9.17, 15) is 9.90 Å². The minimum atomic E-state index is -0.107. The number of aryl methyl sites for hydroxylation is 1. The van der Waals surface area contributed by atoms with Crippen LogP contribution in [0.2, 0.25) is 0 Å². The Balaban J connectivity index is 1.82. The fourth-order valence-corrected chi connectivity index (χ4v) is 3.55. The van der Waals surface area contributed by atoms with Crippen molar-refractivity contribution in [2.75, 3.05) is 14.2 Å². The number of ether oxygens (including phenoxy) is 2. The summed E-state index contributed by atoms with van der Waals surface area (Å²) in [7, 11) is 3.15. The molecule has 6 heteroatoms. The molecule has 0 fully saturated rings. The molecule has 0 saturated heterocycles. The van der Waals surface area contributed by atoms with Crippen molar-refractivity contribution in [1.82, 2.24) is 4.98 Å². The summed E-state index contributed by atoms with van der Waals surface area (Å²) in [6, 6.07) is 12.2. The average Bonchev–Trinajstić information content (AvgIpc) is 3.08. The molecule has 0 saturated carbocycles. The molecular weight excluding hydrogens is 362 g/mol. The molecule has 1 N–H and O–H groups in total. The molecule has 0 aliphatic heterocycles. The summed E-state index contributed by atoms with van der Waals surface area (Å²) >= 11 is 1.34. The minimum Gasteiger partial charge on any atom is -0.508 e. The second-order valence-corrected chi connectivity index (χ2v) is 6.79. The Morgan fingerprint density at radius 1 is 1.07 bits per heavy atom. The second-order valence-electron chi connectivity index (χ2n) is 5.79. The number of aromatic hydroxyl groups is 1. The van der Waals surface area contributed by atoms with Crippen molar-refractivity contribution in [3.8, 4) is 27.8 Å². The zero-order valence-corrected chi connectivity index (χ0v) is 16.0. The molecule has 0 aliphatic carbocycles. The Hall–Kier alpha value is -3.12. The highest BCUT2D eigenvalue weighted by Crippen LogP contribution is 2.30. The number of carbonyl (C=O) groups excluding carboxylic acids is 1. The summed E-state index contributed by atoms with van der Waals surface area (Å²) in [4.78, 5) is 17.7. The van der Waals surface area contributed by atoms with E-state index in [4.69, 9.17) is 9.47 Å². The number of hydrogen-bond acceptors (Lipinski definition) is 6. The molecule has 138 valence electrons. The first-order chi connectivity index (χ1) is 13.0. The molecule has 0 radical (unpaired) electrons. The number of thiazole rings is 1. The highest BCUT2D eigenvalue weighted by molar-refractivity contribution is 7.17. The Labute approximate surface area is 161 Å². The predicted octanol–water partition coefficient (Wildman–Crippen LogP) is 4.74. The van der Waals surface area contributed by atoms with Gasteiger partial charge in [0.25, 0.3) is 0 Å². The topological polar surface area (TPSA) is 68.7 Å². The maximum absolute atomic E-state index is 12.6. The van der Waals surface area contributed by atoms with Crippen molar-refractivity contribution in [2.45, 2.75) is 6.92 Å². The molecule has 1 aromatic heterocycles. The number of carbonyl (C=O) groups is 1. The average molecular weight is 381 g/mol. The molecule has 3 aromatic rings. The van der Waals surface area contributed by atoms with Gasteiger partial charge in [-0.1, -0.05) is 12.1 Å². The van der Waals surface area contributed by atoms with Gasteiger partial charge < -0.3 is 14.6 Å². The molecule has 0 spiro atoms. The molecule has 27 heavy (non-hydrogen) atoms. The van der Waals surface area contributed by atoms with Gasteiger partial charge in [0.15, 0.2) is 17.3 Å². The first kappa shape index (κ1) is 18.7. The highest BCUT2D eigenvalue weighted by atomic mass is 32.1. The van der Waals surface area contributed by atoms with Crippen LogP contribution in [0.25, 0.3) is 16.6 Å². The molecule has 0 aliphatic rings. The minimum absolute atomic E-state index is 0.107. The second kappa shape index (κ2) is 8.05. The third-order valence-corrected chi connectivity index (χ3v) is 5.19. The molecule has 2 aromatic carbocycles. The van der Waals surface area contributed by atoms with Gasteiger partial charge in [0, 0.05) is 5.56 Å². The van der Waals surface area contributed by atoms with Gasteiger partial charge in [-0.15, -0.1) is 11.3 Å². The van der Waals surface area contributed by atoms with Crippen LogP contribution in [0.5, 0.6) is 17.2 Å². The van der Waals surface area contributed by atoms with Crippen LogP contribution in [0.15, 0.2) is 48.5 Å². The van der Waals surface area contributed by atoms with E-state index in [1.165, 1.54) is 17.4 Å². The van der Waals surface area contributed by atoms with E-state index in [0.29, 0.717) is 22.1 Å². The molecule has 0 amide bonds. The van der Waals surface area contributed by atoms with Gasteiger partial charge in [-0.05, 0) is 55.0 Å². The van der Waals surface area contributed by atoms with Crippen LogP contribution in [0.3, 0.4) is 0 Å². The van der Waals surface area contributed by atoms with Gasteiger partial charge in [0.05, 0.1) is 24.8 Å². The van der Waals surface area contributed by atoms with Crippen molar-refractivity contribution < 1.29 is 19.4 Å². The number of aromatic nitrogens is 1. The van der Waals surface area contributed by atoms with E-state index in [0.717, 1.165) is 16.1 Å². The first-order valence-corrected chi connectivity index (χ1v) is 9.04. The monoisotopic (exact) mass is 381 g/mol.